The molecule has 1 unspecified atom stereocenters. The third-order valence-electron chi connectivity index (χ3n) is 2.62. The fraction of sp³-hybridized carbons (Fsp3) is 0.273. The molecule has 19 heavy (non-hydrogen) atoms. The molecule has 0 saturated carbocycles. The van der Waals surface area contributed by atoms with E-state index in [4.69, 9.17) is 0 Å². The molecule has 0 saturated heterocycles. The third-order valence-corrected chi connectivity index (χ3v) is 3.18. The summed E-state index contributed by atoms with van der Waals surface area (Å²) < 4.78 is 39.4. The zero-order chi connectivity index (χ0) is 14.2. The molecular weight excluding hydrogens is 327 g/mol. The number of hydrogen-bond acceptors (Lipinski definition) is 3. The highest BCUT2D eigenvalue weighted by atomic mass is 79.9. The van der Waals surface area contributed by atoms with E-state index in [0.29, 0.717) is 10.3 Å². The second-order valence-corrected chi connectivity index (χ2v) is 4.67. The van der Waals surface area contributed by atoms with Gasteiger partial charge in [0.2, 0.25) is 0 Å². The number of halogens is 4. The van der Waals surface area contributed by atoms with Crippen molar-refractivity contribution < 1.29 is 18.3 Å². The lowest BCUT2D eigenvalue weighted by Crippen LogP contribution is -2.10. The van der Waals surface area contributed by atoms with Crippen molar-refractivity contribution in [3.63, 3.8) is 0 Å². The van der Waals surface area contributed by atoms with Crippen molar-refractivity contribution in [1.82, 2.24) is 15.0 Å². The number of benzene rings is 1. The first-order chi connectivity index (χ1) is 8.80. The summed E-state index contributed by atoms with van der Waals surface area (Å²) in [5, 5.41) is 17.5. The Bertz CT molecular complexity index is 578. The molecule has 1 aromatic heterocycles. The van der Waals surface area contributed by atoms with Gasteiger partial charge in [-0.2, -0.15) is 13.2 Å². The van der Waals surface area contributed by atoms with Crippen molar-refractivity contribution in [3.8, 4) is 0 Å². The van der Waals surface area contributed by atoms with Crippen LogP contribution in [0.1, 0.15) is 22.9 Å². The lowest BCUT2D eigenvalue weighted by atomic mass is 10.0. The first kappa shape index (κ1) is 14.0. The second kappa shape index (κ2) is 4.93. The standard InChI is InChI=1S/C11H9BrF3N3O/c1-18-8(10(12)16-17-18)9(19)6-3-2-4-7(5-6)11(13,14)15/h2-5,9,19H,1H3. The van der Waals surface area contributed by atoms with E-state index < -0.39 is 17.8 Å². The van der Waals surface area contributed by atoms with E-state index in [0.717, 1.165) is 12.1 Å². The first-order valence-electron chi connectivity index (χ1n) is 5.21. The van der Waals surface area contributed by atoms with Gasteiger partial charge in [0.1, 0.15) is 11.8 Å². The Morgan fingerprint density at radius 2 is 2.05 bits per heavy atom. The van der Waals surface area contributed by atoms with Crippen LogP contribution in [0, 0.1) is 0 Å². The highest BCUT2D eigenvalue weighted by Gasteiger charge is 2.31. The predicted molar refractivity (Wildman–Crippen MR) is 64.2 cm³/mol. The Labute approximate surface area is 115 Å². The van der Waals surface area contributed by atoms with Gasteiger partial charge in [-0.3, -0.25) is 0 Å². The molecule has 1 atom stereocenters. The lowest BCUT2D eigenvalue weighted by molar-refractivity contribution is -0.137. The highest BCUT2D eigenvalue weighted by Crippen LogP contribution is 2.33. The molecule has 4 nitrogen and oxygen atoms in total. The number of rotatable bonds is 2. The molecule has 0 amide bonds. The Morgan fingerprint density at radius 3 is 2.58 bits per heavy atom. The van der Waals surface area contributed by atoms with Gasteiger partial charge in [-0.1, -0.05) is 17.3 Å². The molecule has 8 heteroatoms. The van der Waals surface area contributed by atoms with Gasteiger partial charge in [-0.25, -0.2) is 4.68 Å². The van der Waals surface area contributed by atoms with Crippen molar-refractivity contribution in [2.75, 3.05) is 0 Å². The van der Waals surface area contributed by atoms with E-state index in [9.17, 15) is 18.3 Å². The van der Waals surface area contributed by atoms with E-state index in [-0.39, 0.29) is 5.56 Å². The SMILES string of the molecule is Cn1nnc(Br)c1C(O)c1cccc(C(F)(F)F)c1. The van der Waals surface area contributed by atoms with Crippen molar-refractivity contribution in [1.29, 1.82) is 0 Å². The summed E-state index contributed by atoms with van der Waals surface area (Å²) in [6.45, 7) is 0. The third kappa shape index (κ3) is 2.79. The van der Waals surface area contributed by atoms with Gasteiger partial charge in [0.25, 0.3) is 0 Å². The minimum atomic E-state index is -4.45. The minimum Gasteiger partial charge on any atom is -0.382 e. The zero-order valence-electron chi connectivity index (χ0n) is 9.69. The Hall–Kier alpha value is -1.41. The molecule has 0 spiro atoms. The van der Waals surface area contributed by atoms with Crippen LogP contribution in [0.5, 0.6) is 0 Å². The molecule has 1 N–H and O–H groups in total. The molecule has 0 aliphatic heterocycles. The first-order valence-corrected chi connectivity index (χ1v) is 6.00. The fourth-order valence-corrected chi connectivity index (χ4v) is 2.22. The average molecular weight is 336 g/mol. The summed E-state index contributed by atoms with van der Waals surface area (Å²) in [7, 11) is 1.55. The zero-order valence-corrected chi connectivity index (χ0v) is 11.3. The van der Waals surface area contributed by atoms with Crippen molar-refractivity contribution in [2.24, 2.45) is 7.05 Å². The maximum Gasteiger partial charge on any atom is 0.416 e. The number of alkyl halides is 3. The largest absolute Gasteiger partial charge is 0.416 e. The van der Waals surface area contributed by atoms with Crippen LogP contribution in [-0.4, -0.2) is 20.1 Å². The van der Waals surface area contributed by atoms with Gasteiger partial charge in [-0.05, 0) is 33.6 Å². The summed E-state index contributed by atoms with van der Waals surface area (Å²) in [4.78, 5) is 0. The lowest BCUT2D eigenvalue weighted by Gasteiger charge is -2.14. The summed E-state index contributed by atoms with van der Waals surface area (Å²) in [5.74, 6) is 0. The van der Waals surface area contributed by atoms with Crippen LogP contribution >= 0.6 is 15.9 Å². The van der Waals surface area contributed by atoms with Gasteiger partial charge in [0.15, 0.2) is 4.60 Å². The quantitative estimate of drug-likeness (QED) is 0.917. The van der Waals surface area contributed by atoms with Crippen LogP contribution in [0.25, 0.3) is 0 Å². The Balaban J connectivity index is 2.43. The molecule has 0 bridgehead atoms. The van der Waals surface area contributed by atoms with Gasteiger partial charge in [-0.15, -0.1) is 5.10 Å². The van der Waals surface area contributed by atoms with Crippen molar-refractivity contribution >= 4 is 15.9 Å². The van der Waals surface area contributed by atoms with Gasteiger partial charge >= 0.3 is 6.18 Å². The van der Waals surface area contributed by atoms with E-state index >= 15 is 0 Å². The Morgan fingerprint density at radius 1 is 1.37 bits per heavy atom. The number of aliphatic hydroxyl groups excluding tert-OH is 1. The van der Waals surface area contributed by atoms with E-state index in [1.165, 1.54) is 16.8 Å². The van der Waals surface area contributed by atoms with E-state index in [1.807, 2.05) is 0 Å². The van der Waals surface area contributed by atoms with Gasteiger partial charge in [0.05, 0.1) is 5.56 Å². The highest BCUT2D eigenvalue weighted by molar-refractivity contribution is 9.10. The molecule has 0 aliphatic rings. The van der Waals surface area contributed by atoms with E-state index in [1.54, 1.807) is 7.05 Å². The molecule has 1 heterocycles. The smallest absolute Gasteiger partial charge is 0.382 e. The maximum atomic E-state index is 12.6. The molecule has 102 valence electrons. The topological polar surface area (TPSA) is 50.9 Å². The van der Waals surface area contributed by atoms with Gasteiger partial charge in [0, 0.05) is 7.05 Å². The van der Waals surface area contributed by atoms with E-state index in [2.05, 4.69) is 26.2 Å². The summed E-state index contributed by atoms with van der Waals surface area (Å²) >= 11 is 3.10. The summed E-state index contributed by atoms with van der Waals surface area (Å²) in [6, 6.07) is 4.52. The van der Waals surface area contributed by atoms with Crippen LogP contribution in [0.3, 0.4) is 0 Å². The number of aryl methyl sites for hydroxylation is 1. The molecule has 1 aromatic carbocycles. The fourth-order valence-electron chi connectivity index (χ4n) is 1.67. The molecule has 0 radical (unpaired) electrons. The van der Waals surface area contributed by atoms with Crippen molar-refractivity contribution in [2.45, 2.75) is 12.3 Å². The predicted octanol–water partition coefficient (Wildman–Crippen LogP) is 2.68. The number of aromatic nitrogens is 3. The minimum absolute atomic E-state index is 0.126. The molecular formula is C11H9BrF3N3O. The van der Waals surface area contributed by atoms with Crippen LogP contribution in [0.2, 0.25) is 0 Å². The number of nitrogens with zero attached hydrogens (tertiary/aromatic N) is 3. The number of hydrogen-bond donors (Lipinski definition) is 1. The number of aliphatic hydroxyl groups is 1. The van der Waals surface area contributed by atoms with Crippen molar-refractivity contribution in [3.05, 3.63) is 45.7 Å². The average Bonchev–Trinajstić information content (AvgIpc) is 2.67. The molecule has 0 aliphatic carbocycles. The van der Waals surface area contributed by atoms with Crippen LogP contribution in [0.4, 0.5) is 13.2 Å². The molecule has 2 rings (SSSR count). The summed E-state index contributed by atoms with van der Waals surface area (Å²) in [6.07, 6.45) is -5.69. The normalized spacial score (nSPS) is 13.6. The second-order valence-electron chi connectivity index (χ2n) is 3.91. The summed E-state index contributed by atoms with van der Waals surface area (Å²) in [5.41, 5.74) is -0.393. The van der Waals surface area contributed by atoms with Crippen LogP contribution in [-0.2, 0) is 13.2 Å². The Kier molecular flexibility index (Phi) is 3.64. The maximum absolute atomic E-state index is 12.6. The van der Waals surface area contributed by atoms with Gasteiger partial charge < -0.3 is 5.11 Å². The monoisotopic (exact) mass is 335 g/mol. The molecule has 2 aromatic rings. The van der Waals surface area contributed by atoms with Crippen LogP contribution in [0.15, 0.2) is 28.9 Å². The van der Waals surface area contributed by atoms with Crippen LogP contribution < -0.4 is 0 Å². The molecule has 0 fully saturated rings.